The summed E-state index contributed by atoms with van der Waals surface area (Å²) < 4.78 is 5.35. The monoisotopic (exact) mass is 341 g/mol. The first-order valence-corrected chi connectivity index (χ1v) is 8.16. The Morgan fingerprint density at radius 3 is 2.28 bits per heavy atom. The van der Waals surface area contributed by atoms with Gasteiger partial charge in [-0.25, -0.2) is 4.79 Å². The quantitative estimate of drug-likeness (QED) is 0.774. The maximum absolute atomic E-state index is 12.0. The molecular weight excluding hydrogens is 318 g/mol. The molecule has 0 aliphatic carbocycles. The van der Waals surface area contributed by atoms with Crippen molar-refractivity contribution in [2.24, 2.45) is 0 Å². The Morgan fingerprint density at radius 2 is 1.68 bits per heavy atom. The summed E-state index contributed by atoms with van der Waals surface area (Å²) >= 11 is 0. The van der Waals surface area contributed by atoms with Gasteiger partial charge in [-0.3, -0.25) is 4.79 Å². The second-order valence-electron chi connectivity index (χ2n) is 6.01. The van der Waals surface area contributed by atoms with Crippen LogP contribution in [0, 0.1) is 13.8 Å². The first kappa shape index (κ1) is 18.7. The number of benzene rings is 2. The van der Waals surface area contributed by atoms with Crippen LogP contribution >= 0.6 is 0 Å². The number of amides is 1. The van der Waals surface area contributed by atoms with Gasteiger partial charge < -0.3 is 15.2 Å². The molecule has 0 aromatic heterocycles. The lowest BCUT2D eigenvalue weighted by Crippen LogP contribution is -2.44. The van der Waals surface area contributed by atoms with Crippen molar-refractivity contribution in [3.63, 3.8) is 0 Å². The van der Waals surface area contributed by atoms with Crippen molar-refractivity contribution in [2.45, 2.75) is 32.9 Å². The summed E-state index contributed by atoms with van der Waals surface area (Å²) in [5.74, 6) is -1.49. The number of aryl methyl sites for hydroxylation is 2. The average molecular weight is 341 g/mol. The van der Waals surface area contributed by atoms with E-state index in [1.807, 2.05) is 62.4 Å². The maximum Gasteiger partial charge on any atom is 0.326 e. The number of carbonyl (C=O) groups is 2. The molecule has 0 bridgehead atoms. The fourth-order valence-electron chi connectivity index (χ4n) is 2.65. The third-order valence-corrected chi connectivity index (χ3v) is 4.03. The van der Waals surface area contributed by atoms with Gasteiger partial charge in [0, 0.05) is 6.42 Å². The minimum absolute atomic E-state index is 0.175. The Labute approximate surface area is 147 Å². The molecule has 1 atom stereocenters. The topological polar surface area (TPSA) is 75.6 Å². The zero-order valence-corrected chi connectivity index (χ0v) is 14.5. The van der Waals surface area contributed by atoms with Crippen LogP contribution in [0.2, 0.25) is 0 Å². The van der Waals surface area contributed by atoms with Gasteiger partial charge in [-0.1, -0.05) is 48.5 Å². The number of hydrogen-bond donors (Lipinski definition) is 2. The van der Waals surface area contributed by atoms with Crippen molar-refractivity contribution in [1.82, 2.24) is 5.32 Å². The fourth-order valence-corrected chi connectivity index (χ4v) is 2.65. The largest absolute Gasteiger partial charge is 0.480 e. The maximum atomic E-state index is 12.0. The summed E-state index contributed by atoms with van der Waals surface area (Å²) in [6, 6.07) is 14.3. The van der Waals surface area contributed by atoms with Crippen molar-refractivity contribution in [2.75, 3.05) is 6.61 Å². The molecule has 2 aromatic rings. The standard InChI is InChI=1S/C20H23NO4/c1-14-7-6-8-15(2)17(14)11-18(20(23)24)21-19(22)13-25-12-16-9-4-3-5-10-16/h3-10,18H,11-13H2,1-2H3,(H,21,22)(H,23,24)/t18-/m0/s1. The Bertz CT molecular complexity index is 707. The van der Waals surface area contributed by atoms with E-state index >= 15 is 0 Å². The van der Waals surface area contributed by atoms with E-state index in [1.165, 1.54) is 0 Å². The predicted molar refractivity (Wildman–Crippen MR) is 95.3 cm³/mol. The van der Waals surface area contributed by atoms with Crippen LogP contribution in [0.1, 0.15) is 22.3 Å². The van der Waals surface area contributed by atoms with Gasteiger partial charge in [0.15, 0.2) is 0 Å². The number of nitrogens with one attached hydrogen (secondary N) is 1. The summed E-state index contributed by atoms with van der Waals surface area (Å²) in [4.78, 5) is 23.5. The highest BCUT2D eigenvalue weighted by Gasteiger charge is 2.22. The van der Waals surface area contributed by atoms with Crippen LogP contribution in [0.15, 0.2) is 48.5 Å². The van der Waals surface area contributed by atoms with Crippen LogP contribution in [0.5, 0.6) is 0 Å². The molecule has 0 fully saturated rings. The lowest BCUT2D eigenvalue weighted by Gasteiger charge is -2.17. The van der Waals surface area contributed by atoms with Crippen LogP contribution in [0.4, 0.5) is 0 Å². The van der Waals surface area contributed by atoms with Crippen molar-refractivity contribution < 1.29 is 19.4 Å². The Kier molecular flexibility index (Phi) is 6.71. The van der Waals surface area contributed by atoms with Gasteiger partial charge in [-0.2, -0.15) is 0 Å². The molecule has 2 N–H and O–H groups in total. The second kappa shape index (κ2) is 8.99. The third-order valence-electron chi connectivity index (χ3n) is 4.03. The zero-order valence-electron chi connectivity index (χ0n) is 14.5. The molecular formula is C20H23NO4. The lowest BCUT2D eigenvalue weighted by molar-refractivity contribution is -0.142. The minimum Gasteiger partial charge on any atom is -0.480 e. The smallest absolute Gasteiger partial charge is 0.326 e. The molecule has 2 rings (SSSR count). The van der Waals surface area contributed by atoms with E-state index in [2.05, 4.69) is 5.32 Å². The predicted octanol–water partition coefficient (Wildman–Crippen LogP) is 2.63. The SMILES string of the molecule is Cc1cccc(C)c1C[C@H](NC(=O)COCc1ccccc1)C(=O)O. The van der Waals surface area contributed by atoms with E-state index in [-0.39, 0.29) is 13.0 Å². The third kappa shape index (κ3) is 5.72. The van der Waals surface area contributed by atoms with Gasteiger partial charge >= 0.3 is 5.97 Å². The number of carboxylic acid groups (broad SMARTS) is 1. The van der Waals surface area contributed by atoms with E-state index < -0.39 is 17.9 Å². The molecule has 0 radical (unpaired) electrons. The summed E-state index contributed by atoms with van der Waals surface area (Å²) in [6.45, 7) is 4.01. The van der Waals surface area contributed by atoms with Gasteiger partial charge in [0.05, 0.1) is 6.61 Å². The van der Waals surface area contributed by atoms with Gasteiger partial charge in [0.2, 0.25) is 5.91 Å². The molecule has 5 heteroatoms. The normalized spacial score (nSPS) is 11.8. The van der Waals surface area contributed by atoms with Gasteiger partial charge in [0.1, 0.15) is 12.6 Å². The van der Waals surface area contributed by atoms with E-state index in [4.69, 9.17) is 4.74 Å². The average Bonchev–Trinajstić information content (AvgIpc) is 2.58. The Hall–Kier alpha value is -2.66. The molecule has 0 heterocycles. The Balaban J connectivity index is 1.90. The molecule has 0 spiro atoms. The number of hydrogen-bond acceptors (Lipinski definition) is 3. The highest BCUT2D eigenvalue weighted by molar-refractivity contribution is 5.84. The zero-order chi connectivity index (χ0) is 18.2. The number of aliphatic carboxylic acids is 1. The Morgan fingerprint density at radius 1 is 1.04 bits per heavy atom. The molecule has 0 saturated heterocycles. The van der Waals surface area contributed by atoms with Crippen molar-refractivity contribution in [1.29, 1.82) is 0 Å². The van der Waals surface area contributed by atoms with E-state index in [0.717, 1.165) is 22.3 Å². The van der Waals surface area contributed by atoms with Crippen LogP contribution in [-0.4, -0.2) is 29.6 Å². The second-order valence-corrected chi connectivity index (χ2v) is 6.01. The van der Waals surface area contributed by atoms with E-state index in [9.17, 15) is 14.7 Å². The molecule has 0 aliphatic rings. The van der Waals surface area contributed by atoms with Gasteiger partial charge in [-0.05, 0) is 36.1 Å². The van der Waals surface area contributed by atoms with E-state index in [0.29, 0.717) is 6.61 Å². The van der Waals surface area contributed by atoms with Crippen LogP contribution in [-0.2, 0) is 27.4 Å². The highest BCUT2D eigenvalue weighted by atomic mass is 16.5. The van der Waals surface area contributed by atoms with Crippen molar-refractivity contribution >= 4 is 11.9 Å². The van der Waals surface area contributed by atoms with Gasteiger partial charge in [0.25, 0.3) is 0 Å². The summed E-state index contributed by atoms with van der Waals surface area (Å²) in [5, 5.41) is 12.0. The minimum atomic E-state index is -1.06. The van der Waals surface area contributed by atoms with E-state index in [1.54, 1.807) is 0 Å². The molecule has 25 heavy (non-hydrogen) atoms. The fraction of sp³-hybridized carbons (Fsp3) is 0.300. The molecule has 132 valence electrons. The molecule has 0 unspecified atom stereocenters. The summed E-state index contributed by atoms with van der Waals surface area (Å²) in [5.41, 5.74) is 3.93. The number of carbonyl (C=O) groups excluding carboxylic acids is 1. The number of rotatable bonds is 8. The van der Waals surface area contributed by atoms with Gasteiger partial charge in [-0.15, -0.1) is 0 Å². The summed E-state index contributed by atoms with van der Waals surface area (Å²) in [6.07, 6.45) is 0.248. The molecule has 2 aromatic carbocycles. The summed E-state index contributed by atoms with van der Waals surface area (Å²) in [7, 11) is 0. The molecule has 0 aliphatic heterocycles. The number of ether oxygens (including phenoxy) is 1. The molecule has 1 amide bonds. The van der Waals surface area contributed by atoms with Crippen LogP contribution in [0.3, 0.4) is 0 Å². The number of carboxylic acids is 1. The van der Waals surface area contributed by atoms with Crippen molar-refractivity contribution in [3.05, 3.63) is 70.8 Å². The highest BCUT2D eigenvalue weighted by Crippen LogP contribution is 2.15. The first-order chi connectivity index (χ1) is 12.0. The van der Waals surface area contributed by atoms with Crippen LogP contribution < -0.4 is 5.32 Å². The van der Waals surface area contributed by atoms with Crippen molar-refractivity contribution in [3.8, 4) is 0 Å². The molecule has 0 saturated carbocycles. The van der Waals surface area contributed by atoms with Crippen LogP contribution in [0.25, 0.3) is 0 Å². The molecule has 5 nitrogen and oxygen atoms in total. The lowest BCUT2D eigenvalue weighted by atomic mass is 9.96. The first-order valence-electron chi connectivity index (χ1n) is 8.16.